The summed E-state index contributed by atoms with van der Waals surface area (Å²) < 4.78 is 36.7. The molecule has 0 saturated heterocycles. The third-order valence-electron chi connectivity index (χ3n) is 3.64. The van der Waals surface area contributed by atoms with Crippen LogP contribution >= 0.6 is 0 Å². The van der Waals surface area contributed by atoms with Crippen LogP contribution < -0.4 is 5.63 Å². The number of hydrogen-bond donors (Lipinski definition) is 0. The van der Waals surface area contributed by atoms with Crippen LogP contribution in [-0.2, 0) is 16.0 Å². The lowest BCUT2D eigenvalue weighted by molar-refractivity contribution is -0.139. The predicted octanol–water partition coefficient (Wildman–Crippen LogP) is 3.45. The lowest BCUT2D eigenvalue weighted by Crippen LogP contribution is -2.16. The molecule has 1 aromatic heterocycles. The van der Waals surface area contributed by atoms with Crippen LogP contribution in [0.25, 0.3) is 22.1 Å². The van der Waals surface area contributed by atoms with Crippen LogP contribution in [0.3, 0.4) is 0 Å². The number of benzene rings is 2. The molecular weight excluding hydrogens is 318 g/mol. The molecule has 3 rings (SSSR count). The highest BCUT2D eigenvalue weighted by Gasteiger charge is 2.19. The van der Waals surface area contributed by atoms with Crippen molar-refractivity contribution in [2.75, 3.05) is 7.11 Å². The van der Waals surface area contributed by atoms with Crippen LogP contribution in [-0.4, -0.2) is 13.1 Å². The van der Waals surface area contributed by atoms with Crippen LogP contribution in [0.15, 0.2) is 51.7 Å². The second-order valence-corrected chi connectivity index (χ2v) is 5.14. The molecule has 6 heteroatoms. The Morgan fingerprint density at radius 3 is 2.42 bits per heavy atom. The van der Waals surface area contributed by atoms with Crippen LogP contribution in [0.4, 0.5) is 8.78 Å². The highest BCUT2D eigenvalue weighted by atomic mass is 19.1. The van der Waals surface area contributed by atoms with E-state index >= 15 is 0 Å². The van der Waals surface area contributed by atoms with Crippen molar-refractivity contribution in [2.45, 2.75) is 6.42 Å². The molecule has 0 unspecified atom stereocenters. The van der Waals surface area contributed by atoms with E-state index in [1.807, 2.05) is 0 Å². The van der Waals surface area contributed by atoms with Gasteiger partial charge in [-0.05, 0) is 35.9 Å². The fraction of sp³-hybridized carbons (Fsp3) is 0.111. The monoisotopic (exact) mass is 330 g/mol. The summed E-state index contributed by atoms with van der Waals surface area (Å²) in [6, 6.07) is 9.05. The maximum atomic E-state index is 13.7. The summed E-state index contributed by atoms with van der Waals surface area (Å²) in [5, 5.41) is 0.320. The molecule has 0 fully saturated rings. The Kier molecular flexibility index (Phi) is 4.12. The summed E-state index contributed by atoms with van der Waals surface area (Å²) >= 11 is 0. The molecule has 4 nitrogen and oxygen atoms in total. The van der Waals surface area contributed by atoms with Gasteiger partial charge in [0.15, 0.2) is 0 Å². The van der Waals surface area contributed by atoms with Gasteiger partial charge in [0.1, 0.15) is 17.2 Å². The molecule has 0 aliphatic heterocycles. The fourth-order valence-electron chi connectivity index (χ4n) is 2.54. The lowest BCUT2D eigenvalue weighted by Gasteiger charge is -2.11. The number of carbonyl (C=O) groups is 1. The second-order valence-electron chi connectivity index (χ2n) is 5.14. The van der Waals surface area contributed by atoms with Gasteiger partial charge in [0, 0.05) is 10.9 Å². The minimum atomic E-state index is -0.723. The summed E-state index contributed by atoms with van der Waals surface area (Å²) in [6.07, 6.45) is -0.335. The first-order chi connectivity index (χ1) is 11.5. The van der Waals surface area contributed by atoms with Crippen LogP contribution in [0, 0.1) is 11.6 Å². The van der Waals surface area contributed by atoms with Gasteiger partial charge in [0.2, 0.25) is 0 Å². The van der Waals surface area contributed by atoms with Gasteiger partial charge in [0.05, 0.1) is 19.1 Å². The van der Waals surface area contributed by atoms with E-state index in [1.54, 1.807) is 0 Å². The summed E-state index contributed by atoms with van der Waals surface area (Å²) in [5.74, 6) is -1.61. The van der Waals surface area contributed by atoms with Gasteiger partial charge in [-0.3, -0.25) is 4.79 Å². The zero-order chi connectivity index (χ0) is 17.3. The van der Waals surface area contributed by atoms with E-state index in [4.69, 9.17) is 4.42 Å². The third kappa shape index (κ3) is 2.90. The first kappa shape index (κ1) is 15.9. The van der Waals surface area contributed by atoms with E-state index in [0.717, 1.165) is 0 Å². The number of fused-ring (bicyclic) bond motifs is 1. The number of hydrogen-bond acceptors (Lipinski definition) is 4. The minimum absolute atomic E-state index is 0.0339. The fourth-order valence-corrected chi connectivity index (χ4v) is 2.54. The summed E-state index contributed by atoms with van der Waals surface area (Å²) in [6.45, 7) is 0. The van der Waals surface area contributed by atoms with Crippen molar-refractivity contribution in [1.82, 2.24) is 0 Å². The van der Waals surface area contributed by atoms with Crippen molar-refractivity contribution >= 4 is 16.9 Å². The Bertz CT molecular complexity index is 975. The van der Waals surface area contributed by atoms with Crippen molar-refractivity contribution in [2.24, 2.45) is 0 Å². The van der Waals surface area contributed by atoms with Gasteiger partial charge in [-0.1, -0.05) is 12.1 Å². The Labute approximate surface area is 135 Å². The lowest BCUT2D eigenvalue weighted by atomic mass is 9.95. The molecule has 1 heterocycles. The first-order valence-electron chi connectivity index (χ1n) is 7.07. The highest BCUT2D eigenvalue weighted by molar-refractivity contribution is 5.96. The van der Waals surface area contributed by atoms with Crippen molar-refractivity contribution in [1.29, 1.82) is 0 Å². The van der Waals surface area contributed by atoms with Crippen molar-refractivity contribution in [3.63, 3.8) is 0 Å². The molecule has 3 aromatic rings. The zero-order valence-electron chi connectivity index (χ0n) is 12.6. The summed E-state index contributed by atoms with van der Waals surface area (Å²) in [5.41, 5.74) is 0.282. The third-order valence-corrected chi connectivity index (χ3v) is 3.64. The Morgan fingerprint density at radius 2 is 1.75 bits per heavy atom. The van der Waals surface area contributed by atoms with Gasteiger partial charge >= 0.3 is 11.6 Å². The Morgan fingerprint density at radius 1 is 1.08 bits per heavy atom. The van der Waals surface area contributed by atoms with E-state index in [2.05, 4.69) is 4.74 Å². The molecule has 24 heavy (non-hydrogen) atoms. The van der Waals surface area contributed by atoms with Gasteiger partial charge in [-0.15, -0.1) is 0 Å². The zero-order valence-corrected chi connectivity index (χ0v) is 12.6. The molecular formula is C18H12F2O4. The van der Waals surface area contributed by atoms with Gasteiger partial charge in [-0.25, -0.2) is 13.6 Å². The van der Waals surface area contributed by atoms with Crippen molar-refractivity contribution in [3.8, 4) is 11.1 Å². The second kappa shape index (κ2) is 6.23. The van der Waals surface area contributed by atoms with E-state index in [1.165, 1.54) is 49.6 Å². The van der Waals surface area contributed by atoms with Crippen LogP contribution in [0.2, 0.25) is 0 Å². The molecule has 122 valence electrons. The molecule has 0 N–H and O–H groups in total. The van der Waals surface area contributed by atoms with Crippen molar-refractivity contribution < 1.29 is 22.7 Å². The van der Waals surface area contributed by atoms with E-state index in [-0.39, 0.29) is 17.6 Å². The van der Waals surface area contributed by atoms with Gasteiger partial charge in [0.25, 0.3) is 0 Å². The van der Waals surface area contributed by atoms with Gasteiger partial charge in [-0.2, -0.15) is 0 Å². The normalized spacial score (nSPS) is 10.8. The molecule has 0 amide bonds. The number of rotatable bonds is 3. The average molecular weight is 330 g/mol. The number of halogens is 2. The van der Waals surface area contributed by atoms with E-state index in [9.17, 15) is 18.4 Å². The van der Waals surface area contributed by atoms with E-state index < -0.39 is 23.2 Å². The molecule has 2 aromatic carbocycles. The highest BCUT2D eigenvalue weighted by Crippen LogP contribution is 2.31. The summed E-state index contributed by atoms with van der Waals surface area (Å²) in [4.78, 5) is 23.9. The molecule has 0 spiro atoms. The molecule has 0 bridgehead atoms. The number of ether oxygens (including phenoxy) is 1. The van der Waals surface area contributed by atoms with Crippen molar-refractivity contribution in [3.05, 3.63) is 70.1 Å². The maximum Gasteiger partial charge on any atom is 0.340 e. The van der Waals surface area contributed by atoms with E-state index in [0.29, 0.717) is 16.5 Å². The quantitative estimate of drug-likeness (QED) is 0.545. The molecule has 0 saturated carbocycles. The summed E-state index contributed by atoms with van der Waals surface area (Å²) in [7, 11) is 1.20. The largest absolute Gasteiger partial charge is 0.469 e. The Balaban J connectivity index is 2.37. The molecule has 0 aliphatic rings. The first-order valence-corrected chi connectivity index (χ1v) is 7.07. The maximum absolute atomic E-state index is 13.7. The van der Waals surface area contributed by atoms with Crippen LogP contribution in [0.1, 0.15) is 5.56 Å². The predicted molar refractivity (Wildman–Crippen MR) is 83.6 cm³/mol. The number of methoxy groups -OCH3 is 1. The SMILES string of the molecule is COC(=O)Cc1c(-c2ccc(F)cc2)c2cc(F)ccc2oc1=O. The molecule has 0 radical (unpaired) electrons. The molecule has 0 aliphatic carbocycles. The molecule has 0 atom stereocenters. The smallest absolute Gasteiger partial charge is 0.340 e. The standard InChI is InChI=1S/C18H12F2O4/c1-23-16(21)9-14-17(10-2-4-11(19)5-3-10)13-8-12(20)6-7-15(13)24-18(14)22/h2-8H,9H2,1H3. The minimum Gasteiger partial charge on any atom is -0.469 e. The number of esters is 1. The van der Waals surface area contributed by atoms with Crippen LogP contribution in [0.5, 0.6) is 0 Å². The topological polar surface area (TPSA) is 56.5 Å². The number of carbonyl (C=O) groups excluding carboxylic acids is 1. The average Bonchev–Trinajstić information content (AvgIpc) is 2.57. The Hall–Kier alpha value is -3.02. The van der Waals surface area contributed by atoms with Gasteiger partial charge < -0.3 is 9.15 Å².